The molecule has 0 aromatic rings. The molecule has 0 aromatic carbocycles. The molecule has 3 aliphatic rings. The van der Waals surface area contributed by atoms with E-state index in [1.807, 2.05) is 0 Å². The van der Waals surface area contributed by atoms with Crippen molar-refractivity contribution in [3.05, 3.63) is 0 Å². The van der Waals surface area contributed by atoms with Crippen LogP contribution in [0.4, 0.5) is 0 Å². The molecule has 3 atom stereocenters. The number of quaternary nitrogens is 3. The first-order valence-electron chi connectivity index (χ1n) is 15.9. The zero-order valence-electron chi connectivity index (χ0n) is 25.5. The molecule has 230 valence electrons. The fraction of sp³-hybridized carbons (Fsp3) is 1.00. The molecule has 3 N–H and O–H groups in total. The van der Waals surface area contributed by atoms with E-state index in [0.717, 1.165) is 52.7 Å². The van der Waals surface area contributed by atoms with Gasteiger partial charge in [-0.25, -0.2) is 0 Å². The molecule has 0 bridgehead atoms. The van der Waals surface area contributed by atoms with Crippen molar-refractivity contribution in [2.24, 2.45) is 0 Å². The van der Waals surface area contributed by atoms with E-state index >= 15 is 0 Å². The number of rotatable bonds is 17. The largest absolute Gasteiger partial charge is 0.385 e. The number of nitrogens with zero attached hydrogens (tertiary/aromatic N) is 3. The number of hydrogen-bond donors (Lipinski definition) is 3. The number of aliphatic hydroxyl groups excluding tert-OH is 3. The van der Waals surface area contributed by atoms with Gasteiger partial charge in [0.25, 0.3) is 0 Å². The fourth-order valence-electron chi connectivity index (χ4n) is 7.12. The topological polar surface area (TPSA) is 88.4 Å². The molecule has 3 unspecified atom stereocenters. The summed E-state index contributed by atoms with van der Waals surface area (Å²) in [4.78, 5) is 0. The van der Waals surface area contributed by atoms with Gasteiger partial charge >= 0.3 is 0 Å². The van der Waals surface area contributed by atoms with E-state index < -0.39 is 18.3 Å². The minimum absolute atomic E-state index is 0.236. The second-order valence-electron chi connectivity index (χ2n) is 13.9. The number of hydrogen-bond acceptors (Lipinski definition) is 6. The fourth-order valence-corrected chi connectivity index (χ4v) is 7.12. The van der Waals surface area contributed by atoms with Crippen molar-refractivity contribution in [3.63, 3.8) is 0 Å². The SMILES string of the molecule is C[N+]1(CC(O)COCC(COCC(O)C[N+]2(C)CCCCC2)OCC(O)C[N+]2(C)CCCCC2)CCCCC1. The Labute approximate surface area is 238 Å². The highest BCUT2D eigenvalue weighted by atomic mass is 16.6. The van der Waals surface area contributed by atoms with E-state index in [9.17, 15) is 15.3 Å². The second kappa shape index (κ2) is 16.3. The van der Waals surface area contributed by atoms with Gasteiger partial charge in [0.1, 0.15) is 44.1 Å². The van der Waals surface area contributed by atoms with E-state index in [0.29, 0.717) is 32.8 Å². The Bertz CT molecular complexity index is 627. The van der Waals surface area contributed by atoms with E-state index in [1.54, 1.807) is 0 Å². The van der Waals surface area contributed by atoms with Crippen LogP contribution in [-0.4, -0.2) is 166 Å². The predicted octanol–water partition coefficient (Wildman–Crippen LogP) is 1.38. The molecule has 3 rings (SSSR count). The number of piperidine rings is 3. The first kappa shape index (κ1) is 33.1. The number of ether oxygens (including phenoxy) is 3. The monoisotopic (exact) mass is 560 g/mol. The third-order valence-electron chi connectivity index (χ3n) is 9.39. The lowest BCUT2D eigenvalue weighted by Gasteiger charge is -2.39. The molecule has 3 heterocycles. The molecule has 9 nitrogen and oxygen atoms in total. The first-order chi connectivity index (χ1) is 18.6. The lowest BCUT2D eigenvalue weighted by molar-refractivity contribution is -0.916. The molecule has 0 aromatic heterocycles. The third kappa shape index (κ3) is 12.6. The maximum absolute atomic E-state index is 10.8. The van der Waals surface area contributed by atoms with Gasteiger partial charge in [-0.2, -0.15) is 0 Å². The molecule has 3 aliphatic heterocycles. The maximum Gasteiger partial charge on any atom is 0.126 e. The Morgan fingerprint density at radius 3 is 1.10 bits per heavy atom. The number of likely N-dealkylation sites (tertiary alicyclic amines) is 3. The lowest BCUT2D eigenvalue weighted by atomic mass is 10.1. The van der Waals surface area contributed by atoms with Crippen molar-refractivity contribution in [1.82, 2.24) is 0 Å². The normalized spacial score (nSPS) is 26.0. The molecule has 0 aliphatic carbocycles. The minimum Gasteiger partial charge on any atom is -0.385 e. The van der Waals surface area contributed by atoms with Crippen LogP contribution in [0.25, 0.3) is 0 Å². The van der Waals surface area contributed by atoms with Crippen LogP contribution in [0.3, 0.4) is 0 Å². The first-order valence-corrected chi connectivity index (χ1v) is 15.9. The summed E-state index contributed by atoms with van der Waals surface area (Å²) >= 11 is 0. The van der Waals surface area contributed by atoms with Crippen LogP contribution in [0.1, 0.15) is 57.8 Å². The van der Waals surface area contributed by atoms with Crippen molar-refractivity contribution >= 4 is 0 Å². The van der Waals surface area contributed by atoms with Crippen LogP contribution in [0, 0.1) is 0 Å². The van der Waals surface area contributed by atoms with Crippen molar-refractivity contribution in [2.75, 3.05) is 113 Å². The molecule has 0 saturated carbocycles. The van der Waals surface area contributed by atoms with Crippen LogP contribution in [0.2, 0.25) is 0 Å². The van der Waals surface area contributed by atoms with Crippen molar-refractivity contribution in [1.29, 1.82) is 0 Å². The van der Waals surface area contributed by atoms with Gasteiger partial charge in [0.2, 0.25) is 0 Å². The predicted molar refractivity (Wildman–Crippen MR) is 153 cm³/mol. The molecule has 9 heteroatoms. The molecule has 0 radical (unpaired) electrons. The molecular formula is C30H62N3O6+3. The minimum atomic E-state index is -0.543. The quantitative estimate of drug-likeness (QED) is 0.233. The Kier molecular flexibility index (Phi) is 13.9. The molecule has 3 fully saturated rings. The average molecular weight is 561 g/mol. The molecule has 3 saturated heterocycles. The lowest BCUT2D eigenvalue weighted by Crippen LogP contribution is -2.53. The van der Waals surface area contributed by atoms with Gasteiger partial charge in [0, 0.05) is 0 Å². The van der Waals surface area contributed by atoms with E-state index in [-0.39, 0.29) is 25.9 Å². The van der Waals surface area contributed by atoms with Crippen LogP contribution in [-0.2, 0) is 14.2 Å². The summed E-state index contributed by atoms with van der Waals surface area (Å²) in [7, 11) is 6.69. The van der Waals surface area contributed by atoms with Crippen molar-refractivity contribution in [2.45, 2.75) is 82.2 Å². The Hall–Kier alpha value is -0.360. The maximum atomic E-state index is 10.8. The second-order valence-corrected chi connectivity index (χ2v) is 13.9. The van der Waals surface area contributed by atoms with Crippen LogP contribution >= 0.6 is 0 Å². The summed E-state index contributed by atoms with van der Waals surface area (Å²) in [6.07, 6.45) is 9.26. The van der Waals surface area contributed by atoms with Gasteiger partial charge < -0.3 is 43.0 Å². The summed E-state index contributed by atoms with van der Waals surface area (Å²) in [5.41, 5.74) is 0. The standard InChI is InChI=1S/C30H62N3O6/c1-31(13-7-4-8-14-31)19-27(34)22-37-25-30(39-24-29(36)21-33(3)17-11-6-12-18-33)26-38-23-28(35)20-32(2)15-9-5-10-16-32/h27-30,34-36H,4-26H2,1-3H3/q+3. The summed E-state index contributed by atoms with van der Waals surface area (Å²) in [6, 6.07) is 0. The molecule has 0 amide bonds. The van der Waals surface area contributed by atoms with Gasteiger partial charge in [-0.3, -0.25) is 0 Å². The van der Waals surface area contributed by atoms with E-state index in [2.05, 4.69) is 21.1 Å². The van der Waals surface area contributed by atoms with Gasteiger partial charge in [-0.05, 0) is 57.8 Å². The highest BCUT2D eigenvalue weighted by molar-refractivity contribution is 4.65. The Morgan fingerprint density at radius 2 is 0.769 bits per heavy atom. The summed E-state index contributed by atoms with van der Waals surface area (Å²) in [5, 5.41) is 32.1. The van der Waals surface area contributed by atoms with Crippen LogP contribution in [0.15, 0.2) is 0 Å². The number of likely N-dealkylation sites (N-methyl/N-ethyl adjacent to an activating group) is 3. The highest BCUT2D eigenvalue weighted by Gasteiger charge is 2.31. The average Bonchev–Trinajstić information content (AvgIpc) is 2.87. The van der Waals surface area contributed by atoms with Gasteiger partial charge in [-0.1, -0.05) is 0 Å². The van der Waals surface area contributed by atoms with Crippen LogP contribution < -0.4 is 0 Å². The third-order valence-corrected chi connectivity index (χ3v) is 9.39. The summed E-state index contributed by atoms with van der Waals surface area (Å²) in [6.45, 7) is 10.2. The molecular weight excluding hydrogens is 498 g/mol. The summed E-state index contributed by atoms with van der Waals surface area (Å²) < 4.78 is 20.7. The summed E-state index contributed by atoms with van der Waals surface area (Å²) in [5.74, 6) is 0. The Morgan fingerprint density at radius 1 is 0.462 bits per heavy atom. The van der Waals surface area contributed by atoms with Crippen molar-refractivity contribution in [3.8, 4) is 0 Å². The molecule has 39 heavy (non-hydrogen) atoms. The van der Waals surface area contributed by atoms with Gasteiger partial charge in [0.15, 0.2) is 0 Å². The highest BCUT2D eigenvalue weighted by Crippen LogP contribution is 2.19. The Balaban J connectivity index is 1.43. The van der Waals surface area contributed by atoms with Crippen molar-refractivity contribution < 1.29 is 43.0 Å². The number of aliphatic hydroxyl groups is 3. The van der Waals surface area contributed by atoms with E-state index in [4.69, 9.17) is 14.2 Å². The smallest absolute Gasteiger partial charge is 0.126 e. The van der Waals surface area contributed by atoms with Crippen LogP contribution in [0.5, 0.6) is 0 Å². The zero-order chi connectivity index (χ0) is 28.2. The van der Waals surface area contributed by atoms with Gasteiger partial charge in [0.05, 0.1) is 93.4 Å². The zero-order valence-corrected chi connectivity index (χ0v) is 25.5. The molecule has 0 spiro atoms. The van der Waals surface area contributed by atoms with E-state index in [1.165, 1.54) is 57.8 Å². The van der Waals surface area contributed by atoms with Gasteiger partial charge in [-0.15, -0.1) is 0 Å².